The van der Waals surface area contributed by atoms with Crippen LogP contribution < -0.4 is 0 Å². The van der Waals surface area contributed by atoms with Gasteiger partial charge in [0.1, 0.15) is 0 Å². The molecule has 0 aliphatic carbocycles. The number of hydrogen-bond donors (Lipinski definition) is 0. The maximum Gasteiger partial charge on any atom is 0.305 e. The van der Waals surface area contributed by atoms with Gasteiger partial charge in [0.2, 0.25) is 0 Å². The minimum Gasteiger partial charge on any atom is -0.469 e. The highest BCUT2D eigenvalue weighted by molar-refractivity contribution is 5.69. The zero-order chi connectivity index (χ0) is 13.2. The van der Waals surface area contributed by atoms with Crippen LogP contribution >= 0.6 is 0 Å². The van der Waals surface area contributed by atoms with Gasteiger partial charge in [0, 0.05) is 19.6 Å². The van der Waals surface area contributed by atoms with Crippen molar-refractivity contribution in [2.24, 2.45) is 0 Å². The van der Waals surface area contributed by atoms with E-state index in [-0.39, 0.29) is 12.3 Å². The molecule has 0 aromatic carbocycles. The molecule has 1 unspecified atom stereocenters. The monoisotopic (exact) mass is 259 g/mol. The summed E-state index contributed by atoms with van der Waals surface area (Å²) in [4.78, 5) is 13.1. The zero-order valence-corrected chi connectivity index (χ0v) is 11.5. The molecule has 1 heterocycles. The molecule has 1 fully saturated rings. The largest absolute Gasteiger partial charge is 0.469 e. The topological polar surface area (TPSA) is 48.0 Å². The van der Waals surface area contributed by atoms with Crippen LogP contribution in [0.4, 0.5) is 0 Å². The van der Waals surface area contributed by atoms with Crippen LogP contribution in [0.3, 0.4) is 0 Å². The molecule has 1 atom stereocenters. The van der Waals surface area contributed by atoms with Crippen molar-refractivity contribution < 1.29 is 19.0 Å². The summed E-state index contributed by atoms with van der Waals surface area (Å²) in [5, 5.41) is 0. The fourth-order valence-electron chi connectivity index (χ4n) is 1.89. The molecule has 0 amide bonds. The molecule has 18 heavy (non-hydrogen) atoms. The van der Waals surface area contributed by atoms with E-state index in [2.05, 4.69) is 9.64 Å². The smallest absolute Gasteiger partial charge is 0.305 e. The first-order valence-electron chi connectivity index (χ1n) is 6.71. The Labute approximate surface area is 109 Å². The molecule has 5 nitrogen and oxygen atoms in total. The van der Waals surface area contributed by atoms with Crippen molar-refractivity contribution in [3.63, 3.8) is 0 Å². The summed E-state index contributed by atoms with van der Waals surface area (Å²) >= 11 is 0. The van der Waals surface area contributed by atoms with Crippen LogP contribution in [0, 0.1) is 0 Å². The summed E-state index contributed by atoms with van der Waals surface area (Å²) in [5.74, 6) is -0.143. The molecule has 0 aromatic rings. The van der Waals surface area contributed by atoms with Gasteiger partial charge in [0.25, 0.3) is 0 Å². The molecule has 5 heteroatoms. The average molecular weight is 259 g/mol. The van der Waals surface area contributed by atoms with Gasteiger partial charge in [-0.25, -0.2) is 0 Å². The molecule has 0 saturated carbocycles. The first kappa shape index (κ1) is 15.4. The van der Waals surface area contributed by atoms with E-state index in [4.69, 9.17) is 9.47 Å². The van der Waals surface area contributed by atoms with Crippen LogP contribution in [0.2, 0.25) is 0 Å². The number of methoxy groups -OCH3 is 1. The highest BCUT2D eigenvalue weighted by Crippen LogP contribution is 2.13. The predicted octanol–water partition coefficient (Wildman–Crippen LogP) is 1.41. The summed E-state index contributed by atoms with van der Waals surface area (Å²) in [7, 11) is 3.45. The fourth-order valence-corrected chi connectivity index (χ4v) is 1.89. The van der Waals surface area contributed by atoms with Crippen LogP contribution in [-0.4, -0.2) is 57.6 Å². The van der Waals surface area contributed by atoms with Gasteiger partial charge in [-0.15, -0.1) is 0 Å². The Morgan fingerprint density at radius 1 is 1.39 bits per heavy atom. The summed E-state index contributed by atoms with van der Waals surface area (Å²) in [5.41, 5.74) is 0. The van der Waals surface area contributed by atoms with Crippen LogP contribution in [0.5, 0.6) is 0 Å². The molecule has 1 saturated heterocycles. The molecule has 0 radical (unpaired) electrons. The summed E-state index contributed by atoms with van der Waals surface area (Å²) in [6.45, 7) is 3.24. The lowest BCUT2D eigenvalue weighted by Crippen LogP contribution is -2.29. The Balaban J connectivity index is 1.95. The number of rotatable bonds is 8. The number of nitrogens with zero attached hydrogens (tertiary/aromatic N) is 1. The van der Waals surface area contributed by atoms with E-state index in [0.29, 0.717) is 13.0 Å². The van der Waals surface area contributed by atoms with Gasteiger partial charge in [0.05, 0.1) is 13.7 Å². The first-order chi connectivity index (χ1) is 8.72. The minimum absolute atomic E-state index is 0.0118. The highest BCUT2D eigenvalue weighted by Gasteiger charge is 2.13. The molecule has 1 rings (SSSR count). The maximum atomic E-state index is 10.9. The van der Waals surface area contributed by atoms with E-state index < -0.39 is 0 Å². The number of hydrogen-bond acceptors (Lipinski definition) is 5. The summed E-state index contributed by atoms with van der Waals surface area (Å²) < 4.78 is 15.7. The normalized spacial score (nSPS) is 20.1. The molecule has 1 aliphatic rings. The van der Waals surface area contributed by atoms with Crippen molar-refractivity contribution in [3.05, 3.63) is 0 Å². The van der Waals surface area contributed by atoms with Crippen molar-refractivity contribution in [1.82, 2.24) is 4.90 Å². The third-order valence-electron chi connectivity index (χ3n) is 3.06. The van der Waals surface area contributed by atoms with Crippen molar-refractivity contribution in [1.29, 1.82) is 0 Å². The van der Waals surface area contributed by atoms with Gasteiger partial charge in [0.15, 0.2) is 6.29 Å². The Hall–Kier alpha value is -0.650. The predicted molar refractivity (Wildman–Crippen MR) is 68.3 cm³/mol. The lowest BCUT2D eigenvalue weighted by atomic mass is 10.2. The number of carbonyl (C=O) groups excluding carboxylic acids is 1. The Bertz CT molecular complexity index is 229. The second-order valence-corrected chi connectivity index (χ2v) is 4.65. The third-order valence-corrected chi connectivity index (χ3v) is 3.06. The molecule has 0 N–H and O–H groups in total. The molecule has 0 aromatic heterocycles. The second kappa shape index (κ2) is 9.30. The van der Waals surface area contributed by atoms with E-state index in [1.165, 1.54) is 13.5 Å². The fraction of sp³-hybridized carbons (Fsp3) is 0.923. The lowest BCUT2D eigenvalue weighted by molar-refractivity contribution is -0.163. The lowest BCUT2D eigenvalue weighted by Gasteiger charge is -2.24. The van der Waals surface area contributed by atoms with Crippen molar-refractivity contribution >= 4 is 5.97 Å². The summed E-state index contributed by atoms with van der Waals surface area (Å²) in [6, 6.07) is 0. The number of carbonyl (C=O) groups is 1. The van der Waals surface area contributed by atoms with Gasteiger partial charge in [-0.05, 0) is 39.3 Å². The standard InChI is InChI=1S/C13H25NO4/c1-14(8-5-6-12(15)16-2)9-11-18-13-7-3-4-10-17-13/h13H,3-11H2,1-2H3. The Morgan fingerprint density at radius 3 is 2.89 bits per heavy atom. The zero-order valence-electron chi connectivity index (χ0n) is 11.5. The molecule has 0 spiro atoms. The van der Waals surface area contributed by atoms with Crippen LogP contribution in [0.25, 0.3) is 0 Å². The second-order valence-electron chi connectivity index (χ2n) is 4.65. The van der Waals surface area contributed by atoms with E-state index in [9.17, 15) is 4.79 Å². The van der Waals surface area contributed by atoms with Gasteiger partial charge in [-0.3, -0.25) is 4.79 Å². The Kier molecular flexibility index (Phi) is 7.96. The molecule has 0 bridgehead atoms. The molecular formula is C13H25NO4. The van der Waals surface area contributed by atoms with Gasteiger partial charge in [-0.1, -0.05) is 0 Å². The number of ether oxygens (including phenoxy) is 3. The van der Waals surface area contributed by atoms with Gasteiger partial charge >= 0.3 is 5.97 Å². The van der Waals surface area contributed by atoms with E-state index in [1.807, 2.05) is 7.05 Å². The number of esters is 1. The van der Waals surface area contributed by atoms with Crippen LogP contribution in [0.15, 0.2) is 0 Å². The first-order valence-corrected chi connectivity index (χ1v) is 6.71. The van der Waals surface area contributed by atoms with Gasteiger partial charge < -0.3 is 19.1 Å². The van der Waals surface area contributed by atoms with Crippen molar-refractivity contribution in [2.75, 3.05) is 40.5 Å². The van der Waals surface area contributed by atoms with Crippen LogP contribution in [0.1, 0.15) is 32.1 Å². The summed E-state index contributed by atoms with van der Waals surface area (Å²) in [6.07, 6.45) is 4.64. The molecule has 106 valence electrons. The van der Waals surface area contributed by atoms with Gasteiger partial charge in [-0.2, -0.15) is 0 Å². The Morgan fingerprint density at radius 2 is 2.22 bits per heavy atom. The van der Waals surface area contributed by atoms with E-state index in [0.717, 1.165) is 39.0 Å². The molecular weight excluding hydrogens is 234 g/mol. The van der Waals surface area contributed by atoms with Crippen molar-refractivity contribution in [3.8, 4) is 0 Å². The maximum absolute atomic E-state index is 10.9. The SMILES string of the molecule is COC(=O)CCCN(C)CCOC1CCCCO1. The number of likely N-dealkylation sites (N-methyl/N-ethyl adjacent to an activating group) is 1. The van der Waals surface area contributed by atoms with Crippen molar-refractivity contribution in [2.45, 2.75) is 38.4 Å². The average Bonchev–Trinajstić information content (AvgIpc) is 2.39. The third kappa shape index (κ3) is 6.93. The van der Waals surface area contributed by atoms with E-state index >= 15 is 0 Å². The van der Waals surface area contributed by atoms with Crippen LogP contribution in [-0.2, 0) is 19.0 Å². The highest BCUT2D eigenvalue weighted by atomic mass is 16.7. The van der Waals surface area contributed by atoms with E-state index in [1.54, 1.807) is 0 Å². The minimum atomic E-state index is -0.143. The quantitative estimate of drug-likeness (QED) is 0.617. The molecule has 1 aliphatic heterocycles.